The second kappa shape index (κ2) is 12.8. The summed E-state index contributed by atoms with van der Waals surface area (Å²) in [6, 6.07) is 11.4. The highest BCUT2D eigenvalue weighted by molar-refractivity contribution is 6.46. The number of Topliss-reactive ketones (excluding diaryl/α,β-unsaturated/α-hetero) is 1. The van der Waals surface area contributed by atoms with Crippen LogP contribution in [0.5, 0.6) is 17.2 Å². The Hall–Kier alpha value is -3.56. The molecule has 2 fully saturated rings. The predicted molar refractivity (Wildman–Crippen MR) is 143 cm³/mol. The van der Waals surface area contributed by atoms with E-state index in [2.05, 4.69) is 4.90 Å². The highest BCUT2D eigenvalue weighted by Gasteiger charge is 2.46. The number of likely N-dealkylation sites (tertiary alicyclic amines) is 1. The zero-order valence-electron chi connectivity index (χ0n) is 22.3. The fraction of sp³-hybridized carbons (Fsp3) is 0.448. The smallest absolute Gasteiger partial charge is 0.295 e. The third-order valence-electron chi connectivity index (χ3n) is 6.62. The maximum atomic E-state index is 13.4. The van der Waals surface area contributed by atoms with E-state index in [9.17, 15) is 14.7 Å². The third-order valence-corrected chi connectivity index (χ3v) is 6.62. The van der Waals surface area contributed by atoms with Crippen LogP contribution in [-0.2, 0) is 14.3 Å². The lowest BCUT2D eigenvalue weighted by atomic mass is 9.95. The van der Waals surface area contributed by atoms with Crippen molar-refractivity contribution in [3.05, 3.63) is 59.2 Å². The molecular weight excluding hydrogens is 488 g/mol. The molecule has 0 radical (unpaired) electrons. The number of amides is 1. The van der Waals surface area contributed by atoms with Crippen LogP contribution in [0.15, 0.2) is 48.0 Å². The minimum atomic E-state index is -0.780. The molecule has 0 aromatic heterocycles. The first-order valence-electron chi connectivity index (χ1n) is 13.2. The Labute approximate surface area is 223 Å². The minimum Gasteiger partial charge on any atom is -0.507 e. The molecule has 1 amide bonds. The summed E-state index contributed by atoms with van der Waals surface area (Å²) >= 11 is 0. The van der Waals surface area contributed by atoms with Crippen molar-refractivity contribution < 1.29 is 33.6 Å². The SMILES string of the molecule is CCOc1ccc(/C(O)=C2\C(=O)C(=O)N(CCN3CCOCC3)[C@@H]2c2ccc(OCC)c(OCC)c2)cc1. The van der Waals surface area contributed by atoms with Gasteiger partial charge in [-0.3, -0.25) is 14.5 Å². The number of morpholine rings is 1. The Morgan fingerprint density at radius 1 is 0.895 bits per heavy atom. The summed E-state index contributed by atoms with van der Waals surface area (Å²) < 4.78 is 22.5. The Morgan fingerprint density at radius 2 is 1.55 bits per heavy atom. The van der Waals surface area contributed by atoms with Crippen LogP contribution in [0.25, 0.3) is 5.76 Å². The Balaban J connectivity index is 1.76. The van der Waals surface area contributed by atoms with Crippen LogP contribution in [0.2, 0.25) is 0 Å². The molecule has 2 aliphatic heterocycles. The highest BCUT2D eigenvalue weighted by Crippen LogP contribution is 2.42. The van der Waals surface area contributed by atoms with Gasteiger partial charge in [0, 0.05) is 31.7 Å². The van der Waals surface area contributed by atoms with E-state index >= 15 is 0 Å². The van der Waals surface area contributed by atoms with Gasteiger partial charge in [0.15, 0.2) is 11.5 Å². The van der Waals surface area contributed by atoms with Crippen LogP contribution in [0.4, 0.5) is 0 Å². The summed E-state index contributed by atoms with van der Waals surface area (Å²) in [5.41, 5.74) is 1.14. The van der Waals surface area contributed by atoms with Crippen LogP contribution in [0, 0.1) is 0 Å². The molecule has 0 spiro atoms. The Kier molecular flexibility index (Phi) is 9.25. The number of carbonyl (C=O) groups is 2. The summed E-state index contributed by atoms with van der Waals surface area (Å²) in [4.78, 5) is 30.5. The number of rotatable bonds is 11. The van der Waals surface area contributed by atoms with Crippen molar-refractivity contribution >= 4 is 17.4 Å². The molecule has 1 atom stereocenters. The zero-order chi connectivity index (χ0) is 27.1. The third kappa shape index (κ3) is 5.95. The number of benzene rings is 2. The first-order valence-corrected chi connectivity index (χ1v) is 13.2. The molecule has 2 aromatic rings. The van der Waals surface area contributed by atoms with Gasteiger partial charge in [-0.2, -0.15) is 0 Å². The number of ketones is 1. The molecule has 9 heteroatoms. The number of aliphatic hydroxyl groups excluding tert-OH is 1. The molecular formula is C29H36N2O7. The van der Waals surface area contributed by atoms with Gasteiger partial charge in [-0.1, -0.05) is 6.07 Å². The number of ether oxygens (including phenoxy) is 4. The molecule has 0 unspecified atom stereocenters. The second-order valence-corrected chi connectivity index (χ2v) is 8.98. The monoisotopic (exact) mass is 524 g/mol. The average Bonchev–Trinajstić information content (AvgIpc) is 3.19. The van der Waals surface area contributed by atoms with Crippen molar-refractivity contribution in [2.75, 3.05) is 59.2 Å². The lowest BCUT2D eigenvalue weighted by molar-refractivity contribution is -0.140. The molecule has 0 saturated carbocycles. The van der Waals surface area contributed by atoms with E-state index in [1.165, 1.54) is 0 Å². The van der Waals surface area contributed by atoms with Crippen molar-refractivity contribution in [2.45, 2.75) is 26.8 Å². The largest absolute Gasteiger partial charge is 0.507 e. The van der Waals surface area contributed by atoms with E-state index in [1.807, 2.05) is 26.8 Å². The van der Waals surface area contributed by atoms with Gasteiger partial charge in [0.25, 0.3) is 11.7 Å². The van der Waals surface area contributed by atoms with Crippen LogP contribution in [-0.4, -0.2) is 85.8 Å². The predicted octanol–water partition coefficient (Wildman–Crippen LogP) is 3.64. The minimum absolute atomic E-state index is 0.0488. The molecule has 2 saturated heterocycles. The van der Waals surface area contributed by atoms with Gasteiger partial charge in [-0.15, -0.1) is 0 Å². The quantitative estimate of drug-likeness (QED) is 0.270. The summed E-state index contributed by atoms with van der Waals surface area (Å²) in [7, 11) is 0. The van der Waals surface area contributed by atoms with Crippen molar-refractivity contribution in [3.63, 3.8) is 0 Å². The molecule has 9 nitrogen and oxygen atoms in total. The number of hydrogen-bond acceptors (Lipinski definition) is 8. The molecule has 0 bridgehead atoms. The lowest BCUT2D eigenvalue weighted by Gasteiger charge is -2.31. The van der Waals surface area contributed by atoms with E-state index in [0.29, 0.717) is 74.5 Å². The van der Waals surface area contributed by atoms with Crippen molar-refractivity contribution in [1.29, 1.82) is 0 Å². The molecule has 0 aliphatic carbocycles. The standard InChI is InChI=1S/C29H36N2O7/c1-4-36-22-10-7-20(8-11-22)27(32)25-26(21-9-12-23(37-5-2)24(19-21)38-6-3)31(29(34)28(25)33)14-13-30-15-17-35-18-16-30/h7-12,19,26,32H,4-6,13-18H2,1-3H3/b27-25+/t26-/m1/s1. The summed E-state index contributed by atoms with van der Waals surface area (Å²) in [5.74, 6) is 0.177. The maximum Gasteiger partial charge on any atom is 0.295 e. The van der Waals surface area contributed by atoms with Crippen LogP contribution < -0.4 is 14.2 Å². The molecule has 4 rings (SSSR count). The average molecular weight is 525 g/mol. The number of aliphatic hydroxyl groups is 1. The van der Waals surface area contributed by atoms with E-state index in [-0.39, 0.29) is 11.3 Å². The van der Waals surface area contributed by atoms with Crippen LogP contribution >= 0.6 is 0 Å². The lowest BCUT2D eigenvalue weighted by Crippen LogP contribution is -2.42. The van der Waals surface area contributed by atoms with Gasteiger partial charge in [0.2, 0.25) is 0 Å². The molecule has 2 aromatic carbocycles. The molecule has 1 N–H and O–H groups in total. The number of hydrogen-bond donors (Lipinski definition) is 1. The van der Waals surface area contributed by atoms with E-state index in [0.717, 1.165) is 13.1 Å². The molecule has 38 heavy (non-hydrogen) atoms. The first kappa shape index (κ1) is 27.5. The normalized spacial score (nSPS) is 19.6. The molecule has 204 valence electrons. The van der Waals surface area contributed by atoms with Gasteiger partial charge in [-0.05, 0) is 62.7 Å². The van der Waals surface area contributed by atoms with Gasteiger partial charge in [0.05, 0.1) is 44.6 Å². The van der Waals surface area contributed by atoms with Gasteiger partial charge < -0.3 is 29.0 Å². The van der Waals surface area contributed by atoms with Crippen LogP contribution in [0.1, 0.15) is 37.9 Å². The van der Waals surface area contributed by atoms with Gasteiger partial charge >= 0.3 is 0 Å². The second-order valence-electron chi connectivity index (χ2n) is 8.98. The number of nitrogens with zero attached hydrogens (tertiary/aromatic N) is 2. The summed E-state index contributed by atoms with van der Waals surface area (Å²) in [6.45, 7) is 10.8. The van der Waals surface area contributed by atoms with Gasteiger partial charge in [-0.25, -0.2) is 0 Å². The van der Waals surface area contributed by atoms with Crippen molar-refractivity contribution in [1.82, 2.24) is 9.80 Å². The van der Waals surface area contributed by atoms with Gasteiger partial charge in [0.1, 0.15) is 11.5 Å². The fourth-order valence-corrected chi connectivity index (χ4v) is 4.80. The fourth-order valence-electron chi connectivity index (χ4n) is 4.80. The van der Waals surface area contributed by atoms with Crippen molar-refractivity contribution in [3.8, 4) is 17.2 Å². The zero-order valence-corrected chi connectivity index (χ0v) is 22.3. The summed E-state index contributed by atoms with van der Waals surface area (Å²) in [5, 5.41) is 11.4. The molecule has 2 aliphatic rings. The topological polar surface area (TPSA) is 97.8 Å². The van der Waals surface area contributed by atoms with Crippen LogP contribution in [0.3, 0.4) is 0 Å². The van der Waals surface area contributed by atoms with E-state index < -0.39 is 17.7 Å². The highest BCUT2D eigenvalue weighted by atomic mass is 16.5. The summed E-state index contributed by atoms with van der Waals surface area (Å²) in [6.07, 6.45) is 0. The maximum absolute atomic E-state index is 13.4. The Bertz CT molecular complexity index is 1160. The van der Waals surface area contributed by atoms with Crippen molar-refractivity contribution in [2.24, 2.45) is 0 Å². The Morgan fingerprint density at radius 3 is 2.21 bits per heavy atom. The van der Waals surface area contributed by atoms with E-state index in [1.54, 1.807) is 41.3 Å². The molecule has 2 heterocycles. The number of carbonyl (C=O) groups excluding carboxylic acids is 2. The van der Waals surface area contributed by atoms with E-state index in [4.69, 9.17) is 18.9 Å². The first-order chi connectivity index (χ1) is 18.5.